The van der Waals surface area contributed by atoms with E-state index < -0.39 is 0 Å². The van der Waals surface area contributed by atoms with Crippen molar-refractivity contribution in [3.05, 3.63) is 84.1 Å². The summed E-state index contributed by atoms with van der Waals surface area (Å²) in [4.78, 5) is 35.5. The number of carbonyl (C=O) groups is 1. The smallest absolute Gasteiger partial charge is 0.251 e. The average Bonchev–Trinajstić information content (AvgIpc) is 3.57. The first-order valence-corrected chi connectivity index (χ1v) is 12.6. The summed E-state index contributed by atoms with van der Waals surface area (Å²) in [6.45, 7) is 3.86. The van der Waals surface area contributed by atoms with E-state index >= 15 is 0 Å². The molecule has 3 aromatic heterocycles. The van der Waals surface area contributed by atoms with Gasteiger partial charge in [-0.3, -0.25) is 4.79 Å². The van der Waals surface area contributed by atoms with Crippen LogP contribution in [0.2, 0.25) is 0 Å². The molecule has 8 heteroatoms. The zero-order chi connectivity index (χ0) is 25.4. The number of anilines is 1. The van der Waals surface area contributed by atoms with E-state index in [1.165, 1.54) is 5.56 Å². The fourth-order valence-electron chi connectivity index (χ4n) is 5.23. The van der Waals surface area contributed by atoms with Gasteiger partial charge in [-0.05, 0) is 49.1 Å². The fraction of sp³-hybridized carbons (Fsp3) is 0.241. The summed E-state index contributed by atoms with van der Waals surface area (Å²) in [5.41, 5.74) is 6.58. The first-order chi connectivity index (χ1) is 18.1. The minimum Gasteiger partial charge on any atom is -0.356 e. The highest BCUT2D eigenvalue weighted by Gasteiger charge is 2.26. The molecule has 4 heterocycles. The number of benzene rings is 2. The fourth-order valence-corrected chi connectivity index (χ4v) is 5.23. The molecule has 6 rings (SSSR count). The van der Waals surface area contributed by atoms with Crippen LogP contribution in [0.1, 0.15) is 40.6 Å². The SMILES string of the molecule is CNC(=O)c1cccc(-c2cc3c(N4CCC(c5nc(C)c(-c6ccccc6)[nH]5)CC4)ncnc3[nH]2)c1. The molecule has 0 bridgehead atoms. The number of carbonyl (C=O) groups excluding carboxylic acids is 1. The number of hydrogen-bond acceptors (Lipinski definition) is 5. The van der Waals surface area contributed by atoms with Crippen molar-refractivity contribution in [3.8, 4) is 22.5 Å². The van der Waals surface area contributed by atoms with Crippen molar-refractivity contribution >= 4 is 22.8 Å². The first kappa shape index (κ1) is 23.0. The highest BCUT2D eigenvalue weighted by atomic mass is 16.1. The van der Waals surface area contributed by atoms with Crippen LogP contribution in [-0.2, 0) is 0 Å². The van der Waals surface area contributed by atoms with Crippen LogP contribution >= 0.6 is 0 Å². The normalized spacial score (nSPS) is 14.3. The van der Waals surface area contributed by atoms with Gasteiger partial charge in [0.05, 0.1) is 16.8 Å². The Morgan fingerprint density at radius 3 is 2.54 bits per heavy atom. The number of nitrogens with one attached hydrogen (secondary N) is 3. The highest BCUT2D eigenvalue weighted by Crippen LogP contribution is 2.34. The molecular weight excluding hydrogens is 462 g/mol. The summed E-state index contributed by atoms with van der Waals surface area (Å²) in [6, 6.07) is 20.0. The lowest BCUT2D eigenvalue weighted by Gasteiger charge is -2.32. The van der Waals surface area contributed by atoms with E-state index in [9.17, 15) is 4.79 Å². The topological polar surface area (TPSA) is 103 Å². The van der Waals surface area contributed by atoms with Gasteiger partial charge in [0.25, 0.3) is 5.91 Å². The van der Waals surface area contributed by atoms with Gasteiger partial charge in [-0.2, -0.15) is 0 Å². The molecule has 0 spiro atoms. The number of imidazole rings is 1. The predicted molar refractivity (Wildman–Crippen MR) is 146 cm³/mol. The number of aromatic amines is 2. The molecule has 186 valence electrons. The Balaban J connectivity index is 1.22. The Hall–Kier alpha value is -4.46. The van der Waals surface area contributed by atoms with E-state index in [2.05, 4.69) is 67.4 Å². The van der Waals surface area contributed by atoms with Crippen molar-refractivity contribution < 1.29 is 4.79 Å². The maximum absolute atomic E-state index is 12.1. The minimum atomic E-state index is -0.107. The second kappa shape index (κ2) is 9.54. The molecule has 1 saturated heterocycles. The summed E-state index contributed by atoms with van der Waals surface area (Å²) in [7, 11) is 1.64. The Kier molecular flexibility index (Phi) is 5.92. The van der Waals surface area contributed by atoms with Crippen LogP contribution < -0.4 is 10.2 Å². The van der Waals surface area contributed by atoms with Crippen molar-refractivity contribution in [2.24, 2.45) is 0 Å². The largest absolute Gasteiger partial charge is 0.356 e. The van der Waals surface area contributed by atoms with Crippen molar-refractivity contribution in [1.29, 1.82) is 0 Å². The molecule has 5 aromatic rings. The monoisotopic (exact) mass is 491 g/mol. The second-order valence-corrected chi connectivity index (χ2v) is 9.51. The van der Waals surface area contributed by atoms with E-state index in [0.717, 1.165) is 71.3 Å². The van der Waals surface area contributed by atoms with Crippen LogP contribution in [0, 0.1) is 6.92 Å². The van der Waals surface area contributed by atoms with Crippen molar-refractivity contribution in [2.75, 3.05) is 25.0 Å². The Bertz CT molecular complexity index is 1560. The zero-order valence-electron chi connectivity index (χ0n) is 21.0. The van der Waals surface area contributed by atoms with E-state index in [1.54, 1.807) is 13.4 Å². The van der Waals surface area contributed by atoms with Crippen molar-refractivity contribution in [2.45, 2.75) is 25.7 Å². The Morgan fingerprint density at radius 1 is 0.973 bits per heavy atom. The van der Waals surface area contributed by atoms with Crippen LogP contribution in [0.4, 0.5) is 5.82 Å². The lowest BCUT2D eigenvalue weighted by molar-refractivity contribution is 0.0963. The lowest BCUT2D eigenvalue weighted by Crippen LogP contribution is -2.33. The van der Waals surface area contributed by atoms with E-state index in [-0.39, 0.29) is 5.91 Å². The third-order valence-corrected chi connectivity index (χ3v) is 7.21. The predicted octanol–water partition coefficient (Wildman–Crippen LogP) is 5.07. The highest BCUT2D eigenvalue weighted by molar-refractivity contribution is 5.96. The number of fused-ring (bicyclic) bond motifs is 1. The number of rotatable bonds is 5. The van der Waals surface area contributed by atoms with Crippen LogP contribution in [-0.4, -0.2) is 51.0 Å². The number of H-pyrrole nitrogens is 2. The lowest BCUT2D eigenvalue weighted by atomic mass is 9.96. The van der Waals surface area contributed by atoms with Gasteiger partial charge < -0.3 is 20.2 Å². The molecule has 37 heavy (non-hydrogen) atoms. The molecule has 0 aliphatic carbocycles. The average molecular weight is 492 g/mol. The molecule has 1 fully saturated rings. The van der Waals surface area contributed by atoms with E-state index in [0.29, 0.717) is 11.5 Å². The number of piperidine rings is 1. The number of nitrogens with zero attached hydrogens (tertiary/aromatic N) is 4. The van der Waals surface area contributed by atoms with E-state index in [1.807, 2.05) is 30.3 Å². The van der Waals surface area contributed by atoms with Crippen LogP contribution in [0.5, 0.6) is 0 Å². The Labute approximate surface area is 215 Å². The molecule has 0 saturated carbocycles. The number of amides is 1. The Morgan fingerprint density at radius 2 is 1.76 bits per heavy atom. The third-order valence-electron chi connectivity index (χ3n) is 7.21. The molecule has 0 unspecified atom stereocenters. The van der Waals surface area contributed by atoms with Crippen molar-refractivity contribution in [3.63, 3.8) is 0 Å². The summed E-state index contributed by atoms with van der Waals surface area (Å²) in [5, 5.41) is 3.67. The maximum Gasteiger partial charge on any atom is 0.251 e. The van der Waals surface area contributed by atoms with E-state index in [4.69, 9.17) is 4.98 Å². The standard InChI is InChI=1S/C29H29N7O/c1-18-25(19-7-4-3-5-8-19)35-26(33-18)20-11-13-36(14-12-20)28-23-16-24(34-27(23)31-17-32-28)21-9-6-10-22(15-21)29(37)30-2/h3-10,15-17,20H,11-14H2,1-2H3,(H,30,37)(H,33,35)(H,31,32,34). The summed E-state index contributed by atoms with van der Waals surface area (Å²) in [5.74, 6) is 2.29. The van der Waals surface area contributed by atoms with Crippen molar-refractivity contribution in [1.82, 2.24) is 30.2 Å². The molecule has 0 atom stereocenters. The molecule has 8 nitrogen and oxygen atoms in total. The van der Waals surface area contributed by atoms with Crippen LogP contribution in [0.25, 0.3) is 33.5 Å². The van der Waals surface area contributed by atoms with Crippen LogP contribution in [0.15, 0.2) is 67.0 Å². The number of aryl methyl sites for hydroxylation is 1. The molecule has 2 aromatic carbocycles. The summed E-state index contributed by atoms with van der Waals surface area (Å²) in [6.07, 6.45) is 3.61. The maximum atomic E-state index is 12.1. The summed E-state index contributed by atoms with van der Waals surface area (Å²) >= 11 is 0. The van der Waals surface area contributed by atoms with Gasteiger partial charge in [-0.15, -0.1) is 0 Å². The molecule has 3 N–H and O–H groups in total. The van der Waals surface area contributed by atoms with Gasteiger partial charge in [0.2, 0.25) is 0 Å². The van der Waals surface area contributed by atoms with Crippen LogP contribution in [0.3, 0.4) is 0 Å². The summed E-state index contributed by atoms with van der Waals surface area (Å²) < 4.78 is 0. The number of hydrogen-bond donors (Lipinski definition) is 3. The molecule has 1 aliphatic heterocycles. The van der Waals surface area contributed by atoms with Gasteiger partial charge in [0.15, 0.2) is 0 Å². The quantitative estimate of drug-likeness (QED) is 0.319. The van der Waals surface area contributed by atoms with Gasteiger partial charge >= 0.3 is 0 Å². The molecule has 1 aliphatic rings. The molecule has 1 amide bonds. The number of aromatic nitrogens is 5. The van der Waals surface area contributed by atoms with Gasteiger partial charge in [-0.1, -0.05) is 42.5 Å². The van der Waals surface area contributed by atoms with Gasteiger partial charge in [0, 0.05) is 37.3 Å². The van der Waals surface area contributed by atoms with Gasteiger partial charge in [0.1, 0.15) is 23.6 Å². The second-order valence-electron chi connectivity index (χ2n) is 9.51. The van der Waals surface area contributed by atoms with Gasteiger partial charge in [-0.25, -0.2) is 15.0 Å². The third kappa shape index (κ3) is 4.35. The first-order valence-electron chi connectivity index (χ1n) is 12.6. The minimum absolute atomic E-state index is 0.107. The zero-order valence-corrected chi connectivity index (χ0v) is 21.0. The molecule has 0 radical (unpaired) electrons. The molecular formula is C29H29N7O.